The first-order chi connectivity index (χ1) is 5.69. The lowest BCUT2D eigenvalue weighted by atomic mass is 10.2. The third kappa shape index (κ3) is 1.64. The molecule has 68 valence electrons. The van der Waals surface area contributed by atoms with E-state index in [-0.39, 0.29) is 0 Å². The van der Waals surface area contributed by atoms with Gasteiger partial charge in [0.15, 0.2) is 5.82 Å². The Hall–Kier alpha value is -0.900. The average molecular weight is 168 g/mol. The topological polar surface area (TPSA) is 56.7 Å². The number of aryl methyl sites for hydroxylation is 2. The highest BCUT2D eigenvalue weighted by atomic mass is 15.3. The zero-order valence-corrected chi connectivity index (χ0v) is 7.91. The first-order valence-electron chi connectivity index (χ1n) is 4.28. The summed E-state index contributed by atoms with van der Waals surface area (Å²) < 4.78 is 1.82. The van der Waals surface area contributed by atoms with Crippen LogP contribution in [0.5, 0.6) is 0 Å². The molecule has 1 atom stereocenters. The Kier molecular flexibility index (Phi) is 2.81. The Morgan fingerprint density at radius 1 is 1.58 bits per heavy atom. The first-order valence-corrected chi connectivity index (χ1v) is 4.28. The summed E-state index contributed by atoms with van der Waals surface area (Å²) in [7, 11) is 1.91. The van der Waals surface area contributed by atoms with Gasteiger partial charge in [-0.05, 0) is 0 Å². The van der Waals surface area contributed by atoms with Crippen LogP contribution in [-0.2, 0) is 13.5 Å². The van der Waals surface area contributed by atoms with Gasteiger partial charge in [0.2, 0.25) is 0 Å². The molecule has 1 rings (SSSR count). The molecule has 4 heteroatoms. The van der Waals surface area contributed by atoms with Crippen molar-refractivity contribution < 1.29 is 0 Å². The summed E-state index contributed by atoms with van der Waals surface area (Å²) in [6.45, 7) is 4.73. The molecule has 0 aliphatic carbocycles. The summed E-state index contributed by atoms with van der Waals surface area (Å²) in [5, 5.41) is 4.25. The molecule has 0 bridgehead atoms. The Morgan fingerprint density at radius 2 is 2.25 bits per heavy atom. The molecule has 0 spiro atoms. The summed E-state index contributed by atoms with van der Waals surface area (Å²) in [6, 6.07) is 0. The summed E-state index contributed by atoms with van der Waals surface area (Å²) >= 11 is 0. The molecular weight excluding hydrogens is 152 g/mol. The fourth-order valence-corrected chi connectivity index (χ4v) is 1.14. The van der Waals surface area contributed by atoms with Gasteiger partial charge in [-0.15, -0.1) is 0 Å². The highest BCUT2D eigenvalue weighted by Crippen LogP contribution is 2.10. The lowest BCUT2D eigenvalue weighted by molar-refractivity contribution is 0.627. The van der Waals surface area contributed by atoms with E-state index < -0.39 is 0 Å². The Morgan fingerprint density at radius 3 is 2.67 bits per heavy atom. The molecule has 0 saturated carbocycles. The molecule has 1 heterocycles. The zero-order valence-electron chi connectivity index (χ0n) is 7.91. The van der Waals surface area contributed by atoms with Crippen molar-refractivity contribution in [2.24, 2.45) is 12.8 Å². The lowest BCUT2D eigenvalue weighted by Crippen LogP contribution is -2.13. The molecule has 0 aliphatic heterocycles. The summed E-state index contributed by atoms with van der Waals surface area (Å²) in [6.07, 6.45) is 0.880. The average Bonchev–Trinajstić information content (AvgIpc) is 2.45. The van der Waals surface area contributed by atoms with Crippen LogP contribution in [0, 0.1) is 0 Å². The predicted molar refractivity (Wildman–Crippen MR) is 47.9 cm³/mol. The minimum absolute atomic E-state index is 0.294. The number of hydrogen-bond acceptors (Lipinski definition) is 3. The van der Waals surface area contributed by atoms with Gasteiger partial charge in [-0.3, -0.25) is 4.68 Å². The van der Waals surface area contributed by atoms with Crippen molar-refractivity contribution in [3.05, 3.63) is 11.6 Å². The van der Waals surface area contributed by atoms with E-state index in [0.717, 1.165) is 18.1 Å². The van der Waals surface area contributed by atoms with Gasteiger partial charge in [-0.2, -0.15) is 5.10 Å². The fourth-order valence-electron chi connectivity index (χ4n) is 1.14. The number of rotatable bonds is 3. The smallest absolute Gasteiger partial charge is 0.150 e. The van der Waals surface area contributed by atoms with Crippen molar-refractivity contribution in [1.29, 1.82) is 0 Å². The van der Waals surface area contributed by atoms with Gasteiger partial charge in [-0.1, -0.05) is 13.8 Å². The van der Waals surface area contributed by atoms with E-state index in [1.807, 2.05) is 18.7 Å². The second-order valence-electron chi connectivity index (χ2n) is 3.00. The molecule has 0 aliphatic rings. The van der Waals surface area contributed by atoms with Gasteiger partial charge in [-0.25, -0.2) is 4.98 Å². The molecule has 0 aromatic carbocycles. The molecule has 1 aromatic heterocycles. The van der Waals surface area contributed by atoms with Crippen molar-refractivity contribution in [3.8, 4) is 0 Å². The van der Waals surface area contributed by atoms with Crippen molar-refractivity contribution in [2.75, 3.05) is 6.54 Å². The van der Waals surface area contributed by atoms with Gasteiger partial charge in [0, 0.05) is 25.9 Å². The number of nitrogens with two attached hydrogens (primary N) is 1. The van der Waals surface area contributed by atoms with E-state index in [2.05, 4.69) is 17.0 Å². The zero-order chi connectivity index (χ0) is 9.14. The van der Waals surface area contributed by atoms with Crippen LogP contribution < -0.4 is 5.73 Å². The molecule has 2 N–H and O–H groups in total. The van der Waals surface area contributed by atoms with Crippen molar-refractivity contribution in [3.63, 3.8) is 0 Å². The molecule has 1 unspecified atom stereocenters. The van der Waals surface area contributed by atoms with Gasteiger partial charge < -0.3 is 5.73 Å². The molecule has 0 radical (unpaired) electrons. The fraction of sp³-hybridized carbons (Fsp3) is 0.750. The van der Waals surface area contributed by atoms with Gasteiger partial charge in [0.25, 0.3) is 0 Å². The number of hydrogen-bond donors (Lipinski definition) is 1. The van der Waals surface area contributed by atoms with E-state index in [1.165, 1.54) is 0 Å². The highest BCUT2D eigenvalue weighted by Gasteiger charge is 2.11. The van der Waals surface area contributed by atoms with Crippen LogP contribution in [0.2, 0.25) is 0 Å². The summed E-state index contributed by atoms with van der Waals surface area (Å²) in [5.74, 6) is 2.17. The largest absolute Gasteiger partial charge is 0.330 e. The number of aromatic nitrogens is 3. The molecule has 0 saturated heterocycles. The minimum Gasteiger partial charge on any atom is -0.330 e. The van der Waals surface area contributed by atoms with Gasteiger partial charge in [0.05, 0.1) is 0 Å². The summed E-state index contributed by atoms with van der Waals surface area (Å²) in [5.41, 5.74) is 5.54. The Balaban J connectivity index is 2.91. The maximum Gasteiger partial charge on any atom is 0.150 e. The van der Waals surface area contributed by atoms with E-state index in [4.69, 9.17) is 5.73 Å². The monoisotopic (exact) mass is 168 g/mol. The van der Waals surface area contributed by atoms with Crippen LogP contribution in [-0.4, -0.2) is 21.3 Å². The van der Waals surface area contributed by atoms with Crippen LogP contribution in [0.25, 0.3) is 0 Å². The van der Waals surface area contributed by atoms with E-state index in [0.29, 0.717) is 12.5 Å². The maximum atomic E-state index is 5.54. The summed E-state index contributed by atoms with van der Waals surface area (Å²) in [4.78, 5) is 4.37. The van der Waals surface area contributed by atoms with Crippen molar-refractivity contribution >= 4 is 0 Å². The SMILES string of the molecule is CCc1nc(C(C)CN)n(C)n1. The second kappa shape index (κ2) is 3.67. The molecule has 12 heavy (non-hydrogen) atoms. The van der Waals surface area contributed by atoms with Gasteiger partial charge in [0.1, 0.15) is 5.82 Å². The van der Waals surface area contributed by atoms with Crippen LogP contribution in [0.4, 0.5) is 0 Å². The van der Waals surface area contributed by atoms with E-state index in [9.17, 15) is 0 Å². The minimum atomic E-state index is 0.294. The van der Waals surface area contributed by atoms with E-state index >= 15 is 0 Å². The Labute approximate surface area is 72.8 Å². The van der Waals surface area contributed by atoms with Crippen LogP contribution in [0.1, 0.15) is 31.4 Å². The van der Waals surface area contributed by atoms with Gasteiger partial charge >= 0.3 is 0 Å². The van der Waals surface area contributed by atoms with Crippen LogP contribution >= 0.6 is 0 Å². The van der Waals surface area contributed by atoms with Crippen LogP contribution in [0.15, 0.2) is 0 Å². The normalized spacial score (nSPS) is 13.3. The quantitative estimate of drug-likeness (QED) is 0.712. The first kappa shape index (κ1) is 9.19. The Bertz CT molecular complexity index is 254. The second-order valence-corrected chi connectivity index (χ2v) is 3.00. The van der Waals surface area contributed by atoms with Crippen molar-refractivity contribution in [2.45, 2.75) is 26.2 Å². The molecule has 0 fully saturated rings. The van der Waals surface area contributed by atoms with Crippen molar-refractivity contribution in [1.82, 2.24) is 14.8 Å². The molecule has 1 aromatic rings. The van der Waals surface area contributed by atoms with E-state index in [1.54, 1.807) is 0 Å². The lowest BCUT2D eigenvalue weighted by Gasteiger charge is -2.05. The van der Waals surface area contributed by atoms with Crippen LogP contribution in [0.3, 0.4) is 0 Å². The third-order valence-corrected chi connectivity index (χ3v) is 1.95. The maximum absolute atomic E-state index is 5.54. The molecule has 0 amide bonds. The third-order valence-electron chi connectivity index (χ3n) is 1.95. The standard InChI is InChI=1S/C8H16N4/c1-4-7-10-8(6(2)5-9)12(3)11-7/h6H,4-5,9H2,1-3H3. The number of nitrogens with zero attached hydrogens (tertiary/aromatic N) is 3. The molecule has 4 nitrogen and oxygen atoms in total. The molecular formula is C8H16N4. The predicted octanol–water partition coefficient (Wildman–Crippen LogP) is 0.440. The highest BCUT2D eigenvalue weighted by molar-refractivity contribution is 4.98.